The van der Waals surface area contributed by atoms with E-state index in [0.29, 0.717) is 5.92 Å². The maximum Gasteiger partial charge on any atom is 0.157 e. The van der Waals surface area contributed by atoms with E-state index in [1.54, 1.807) is 0 Å². The van der Waals surface area contributed by atoms with E-state index in [1.807, 2.05) is 24.5 Å². The van der Waals surface area contributed by atoms with Crippen molar-refractivity contribution in [3.63, 3.8) is 0 Å². The van der Waals surface area contributed by atoms with Gasteiger partial charge < -0.3 is 4.42 Å². The number of pyridine rings is 2. The van der Waals surface area contributed by atoms with Crippen LogP contribution in [0.1, 0.15) is 31.0 Å². The van der Waals surface area contributed by atoms with Gasteiger partial charge in [-0.3, -0.25) is 9.97 Å². The van der Waals surface area contributed by atoms with E-state index < -0.39 is 0 Å². The fraction of sp³-hybridized carbons (Fsp3) is 0.200. The lowest BCUT2D eigenvalue weighted by molar-refractivity contribution is 0.651. The third kappa shape index (κ3) is 2.20. The summed E-state index contributed by atoms with van der Waals surface area (Å²) in [6.45, 7) is 6.35. The Hall–Kier alpha value is -2.68. The van der Waals surface area contributed by atoms with Crippen molar-refractivity contribution in [2.24, 2.45) is 0 Å². The Morgan fingerprint density at radius 3 is 2.48 bits per heavy atom. The molecule has 0 amide bonds. The van der Waals surface area contributed by atoms with Crippen LogP contribution in [-0.4, -0.2) is 9.97 Å². The summed E-state index contributed by atoms with van der Waals surface area (Å²) in [6.07, 6.45) is 3.71. The van der Waals surface area contributed by atoms with E-state index in [0.717, 1.165) is 38.9 Å². The van der Waals surface area contributed by atoms with Gasteiger partial charge >= 0.3 is 0 Å². The number of hydrogen-bond donors (Lipinski definition) is 0. The van der Waals surface area contributed by atoms with Crippen LogP contribution in [0.5, 0.6) is 0 Å². The van der Waals surface area contributed by atoms with Crippen LogP contribution >= 0.6 is 0 Å². The second-order valence-corrected chi connectivity index (χ2v) is 6.23. The first-order valence-corrected chi connectivity index (χ1v) is 7.88. The fourth-order valence-electron chi connectivity index (χ4n) is 3.04. The Kier molecular flexibility index (Phi) is 3.15. The largest absolute Gasteiger partial charge is 0.453 e. The zero-order valence-corrected chi connectivity index (χ0v) is 13.5. The number of nitrogens with zero attached hydrogens (tertiary/aromatic N) is 2. The van der Waals surface area contributed by atoms with Crippen LogP contribution in [0.3, 0.4) is 0 Å². The highest BCUT2D eigenvalue weighted by molar-refractivity contribution is 6.09. The van der Waals surface area contributed by atoms with Gasteiger partial charge in [-0.05, 0) is 42.7 Å². The van der Waals surface area contributed by atoms with Gasteiger partial charge in [0, 0.05) is 28.7 Å². The van der Waals surface area contributed by atoms with Gasteiger partial charge in [-0.1, -0.05) is 26.0 Å². The Labute approximate surface area is 135 Å². The normalized spacial score (nSPS) is 11.7. The van der Waals surface area contributed by atoms with Gasteiger partial charge in [-0.2, -0.15) is 0 Å². The molecule has 0 aliphatic heterocycles. The smallest absolute Gasteiger partial charge is 0.157 e. The highest BCUT2D eigenvalue weighted by atomic mass is 16.3. The number of rotatable bonds is 2. The van der Waals surface area contributed by atoms with Crippen molar-refractivity contribution in [1.29, 1.82) is 0 Å². The van der Waals surface area contributed by atoms with Crippen LogP contribution in [0, 0.1) is 6.92 Å². The molecule has 0 fully saturated rings. The molecule has 0 saturated heterocycles. The number of hydrogen-bond acceptors (Lipinski definition) is 3. The van der Waals surface area contributed by atoms with E-state index in [2.05, 4.69) is 55.0 Å². The molecule has 0 N–H and O–H groups in total. The summed E-state index contributed by atoms with van der Waals surface area (Å²) in [7, 11) is 0. The zero-order chi connectivity index (χ0) is 16.0. The molecule has 114 valence electrons. The van der Waals surface area contributed by atoms with E-state index in [1.165, 1.54) is 5.56 Å². The molecule has 0 bridgehead atoms. The third-order valence-electron chi connectivity index (χ3n) is 4.18. The summed E-state index contributed by atoms with van der Waals surface area (Å²) in [6, 6.07) is 12.3. The molecule has 4 rings (SSSR count). The molecular weight excluding hydrogens is 284 g/mol. The molecule has 23 heavy (non-hydrogen) atoms. The number of benzene rings is 1. The van der Waals surface area contributed by atoms with Gasteiger partial charge in [0.1, 0.15) is 5.58 Å². The maximum atomic E-state index is 6.27. The predicted molar refractivity (Wildman–Crippen MR) is 93.6 cm³/mol. The molecule has 4 aromatic rings. The molecular formula is C20H18N2O. The van der Waals surface area contributed by atoms with Crippen molar-refractivity contribution in [3.8, 4) is 11.3 Å². The minimum Gasteiger partial charge on any atom is -0.453 e. The summed E-state index contributed by atoms with van der Waals surface area (Å²) in [5.41, 5.74) is 5.92. The van der Waals surface area contributed by atoms with Crippen molar-refractivity contribution in [2.75, 3.05) is 0 Å². The summed E-state index contributed by atoms with van der Waals surface area (Å²) in [5, 5.41) is 2.23. The van der Waals surface area contributed by atoms with Gasteiger partial charge in [-0.25, -0.2) is 0 Å². The maximum absolute atomic E-state index is 6.27. The van der Waals surface area contributed by atoms with Crippen LogP contribution in [0.25, 0.3) is 33.2 Å². The highest BCUT2D eigenvalue weighted by Gasteiger charge is 2.17. The van der Waals surface area contributed by atoms with Crippen LogP contribution in [0.4, 0.5) is 0 Å². The number of para-hydroxylation sites is 1. The van der Waals surface area contributed by atoms with Gasteiger partial charge in [-0.15, -0.1) is 0 Å². The van der Waals surface area contributed by atoms with Crippen molar-refractivity contribution >= 4 is 21.9 Å². The minimum absolute atomic E-state index is 0.319. The Balaban J connectivity index is 2.08. The van der Waals surface area contributed by atoms with E-state index in [9.17, 15) is 0 Å². The lowest BCUT2D eigenvalue weighted by Gasteiger charge is -2.03. The Morgan fingerprint density at radius 1 is 0.913 bits per heavy atom. The summed E-state index contributed by atoms with van der Waals surface area (Å²) < 4.78 is 6.27. The molecule has 0 radical (unpaired) electrons. The lowest BCUT2D eigenvalue weighted by atomic mass is 10.0. The topological polar surface area (TPSA) is 38.9 Å². The van der Waals surface area contributed by atoms with E-state index >= 15 is 0 Å². The van der Waals surface area contributed by atoms with Crippen molar-refractivity contribution in [3.05, 3.63) is 60.0 Å². The molecule has 0 aliphatic rings. The first-order chi connectivity index (χ1) is 11.1. The zero-order valence-electron chi connectivity index (χ0n) is 13.5. The Morgan fingerprint density at radius 2 is 1.70 bits per heavy atom. The predicted octanol–water partition coefficient (Wildman–Crippen LogP) is 5.47. The average molecular weight is 302 g/mol. The molecule has 0 saturated carbocycles. The van der Waals surface area contributed by atoms with E-state index in [4.69, 9.17) is 4.42 Å². The second kappa shape index (κ2) is 5.20. The second-order valence-electron chi connectivity index (χ2n) is 6.23. The quantitative estimate of drug-likeness (QED) is 0.492. The van der Waals surface area contributed by atoms with E-state index in [-0.39, 0.29) is 0 Å². The SMILES string of the molecule is Cc1ccnc(-c2cccc3c2oc2c(C(C)C)nccc23)c1. The minimum atomic E-state index is 0.319. The van der Waals surface area contributed by atoms with Gasteiger partial charge in [0.2, 0.25) is 0 Å². The first-order valence-electron chi connectivity index (χ1n) is 7.88. The third-order valence-corrected chi connectivity index (χ3v) is 4.18. The number of aromatic nitrogens is 2. The lowest BCUT2D eigenvalue weighted by Crippen LogP contribution is -1.91. The first kappa shape index (κ1) is 13.9. The van der Waals surface area contributed by atoms with Gasteiger partial charge in [0.15, 0.2) is 5.58 Å². The Bertz CT molecular complexity index is 1010. The fourth-order valence-corrected chi connectivity index (χ4v) is 3.04. The molecule has 3 heteroatoms. The van der Waals surface area contributed by atoms with Crippen LogP contribution in [0.2, 0.25) is 0 Å². The number of furan rings is 1. The van der Waals surface area contributed by atoms with Gasteiger partial charge in [0.05, 0.1) is 11.4 Å². The molecule has 1 aromatic carbocycles. The van der Waals surface area contributed by atoms with Gasteiger partial charge in [0.25, 0.3) is 0 Å². The number of aryl methyl sites for hydroxylation is 1. The summed E-state index contributed by atoms with van der Waals surface area (Å²) >= 11 is 0. The molecule has 0 aliphatic carbocycles. The molecule has 0 atom stereocenters. The molecule has 0 spiro atoms. The number of fused-ring (bicyclic) bond motifs is 3. The highest BCUT2D eigenvalue weighted by Crippen LogP contribution is 2.37. The van der Waals surface area contributed by atoms with Crippen LogP contribution in [0.15, 0.2) is 53.2 Å². The molecule has 3 aromatic heterocycles. The average Bonchev–Trinajstić information content (AvgIpc) is 2.93. The summed E-state index contributed by atoms with van der Waals surface area (Å²) in [4.78, 5) is 9.02. The molecule has 0 unspecified atom stereocenters. The molecule has 3 heterocycles. The van der Waals surface area contributed by atoms with Crippen molar-refractivity contribution in [1.82, 2.24) is 9.97 Å². The van der Waals surface area contributed by atoms with Crippen LogP contribution in [-0.2, 0) is 0 Å². The van der Waals surface area contributed by atoms with Crippen LogP contribution < -0.4 is 0 Å². The summed E-state index contributed by atoms with van der Waals surface area (Å²) in [5.74, 6) is 0.319. The van der Waals surface area contributed by atoms with Crippen molar-refractivity contribution in [2.45, 2.75) is 26.7 Å². The molecule has 3 nitrogen and oxygen atoms in total. The van der Waals surface area contributed by atoms with Crippen molar-refractivity contribution < 1.29 is 4.42 Å². The standard InChI is InChI=1S/C20H18N2O/c1-12(2)18-20-15(8-10-22-18)14-5-4-6-16(19(14)23-20)17-11-13(3)7-9-21-17/h4-12H,1-3H3. The monoisotopic (exact) mass is 302 g/mol.